The standard InChI is InChI=1S/C19H28N2O4/c1-18(2,3)25-17(22)21-12-19(13-21)10-16(11-23-19)24-15-6-4-14(5-7-15)8-9-20/h4-7,16H,8-13,20H2,1-3H3. The number of nitrogens with zero attached hydrogens (tertiary/aromatic N) is 1. The van der Waals surface area contributed by atoms with Gasteiger partial charge < -0.3 is 24.8 Å². The number of rotatable bonds is 4. The molecule has 1 aromatic carbocycles. The van der Waals surface area contributed by atoms with Gasteiger partial charge in [-0.2, -0.15) is 0 Å². The Morgan fingerprint density at radius 3 is 2.60 bits per heavy atom. The van der Waals surface area contributed by atoms with Crippen LogP contribution in [0.2, 0.25) is 0 Å². The van der Waals surface area contributed by atoms with Gasteiger partial charge in [0.25, 0.3) is 0 Å². The van der Waals surface area contributed by atoms with E-state index in [1.165, 1.54) is 5.56 Å². The number of hydrogen-bond acceptors (Lipinski definition) is 5. The van der Waals surface area contributed by atoms with E-state index in [0.29, 0.717) is 26.2 Å². The van der Waals surface area contributed by atoms with Crippen LogP contribution in [0.15, 0.2) is 24.3 Å². The first-order valence-electron chi connectivity index (χ1n) is 8.86. The number of amides is 1. The third-order valence-electron chi connectivity index (χ3n) is 4.44. The van der Waals surface area contributed by atoms with Gasteiger partial charge in [0.15, 0.2) is 0 Å². The first kappa shape index (κ1) is 18.0. The van der Waals surface area contributed by atoms with Crippen LogP contribution in [0.3, 0.4) is 0 Å². The monoisotopic (exact) mass is 348 g/mol. The molecule has 0 bridgehead atoms. The van der Waals surface area contributed by atoms with Crippen LogP contribution in [0.1, 0.15) is 32.8 Å². The zero-order valence-corrected chi connectivity index (χ0v) is 15.3. The maximum atomic E-state index is 12.0. The first-order valence-corrected chi connectivity index (χ1v) is 8.86. The topological polar surface area (TPSA) is 74.0 Å². The van der Waals surface area contributed by atoms with E-state index < -0.39 is 5.60 Å². The van der Waals surface area contributed by atoms with Crippen LogP contribution >= 0.6 is 0 Å². The van der Waals surface area contributed by atoms with E-state index in [0.717, 1.165) is 18.6 Å². The molecule has 0 aliphatic carbocycles. The number of carbonyl (C=O) groups excluding carboxylic acids is 1. The maximum Gasteiger partial charge on any atom is 0.410 e. The van der Waals surface area contributed by atoms with Gasteiger partial charge in [-0.1, -0.05) is 12.1 Å². The first-order chi connectivity index (χ1) is 11.8. The van der Waals surface area contributed by atoms with Crippen molar-refractivity contribution >= 4 is 6.09 Å². The number of benzene rings is 1. The van der Waals surface area contributed by atoms with Gasteiger partial charge in [0.05, 0.1) is 19.7 Å². The van der Waals surface area contributed by atoms with Gasteiger partial charge in [0, 0.05) is 6.42 Å². The molecule has 1 atom stereocenters. The van der Waals surface area contributed by atoms with Crippen molar-refractivity contribution in [3.63, 3.8) is 0 Å². The van der Waals surface area contributed by atoms with Crippen molar-refractivity contribution in [2.24, 2.45) is 5.73 Å². The Hall–Kier alpha value is -1.79. The van der Waals surface area contributed by atoms with Gasteiger partial charge in [0.1, 0.15) is 23.1 Å². The minimum absolute atomic E-state index is 0.0149. The summed E-state index contributed by atoms with van der Waals surface area (Å²) in [5.41, 5.74) is 6.02. The van der Waals surface area contributed by atoms with Crippen molar-refractivity contribution < 1.29 is 19.0 Å². The Labute approximate surface area is 149 Å². The molecule has 1 amide bonds. The number of nitrogens with two attached hydrogens (primary N) is 1. The summed E-state index contributed by atoms with van der Waals surface area (Å²) >= 11 is 0. The summed E-state index contributed by atoms with van der Waals surface area (Å²) in [5, 5.41) is 0. The largest absolute Gasteiger partial charge is 0.488 e. The van der Waals surface area contributed by atoms with E-state index in [2.05, 4.69) is 0 Å². The Morgan fingerprint density at radius 1 is 1.32 bits per heavy atom. The third kappa shape index (κ3) is 4.44. The molecule has 1 unspecified atom stereocenters. The predicted octanol–water partition coefficient (Wildman–Crippen LogP) is 2.35. The van der Waals surface area contributed by atoms with Crippen LogP contribution in [0.5, 0.6) is 5.75 Å². The van der Waals surface area contributed by atoms with Crippen LogP contribution < -0.4 is 10.5 Å². The molecule has 2 aliphatic rings. The molecule has 1 spiro atoms. The molecule has 6 nitrogen and oxygen atoms in total. The van der Waals surface area contributed by atoms with Crippen molar-refractivity contribution in [2.45, 2.75) is 50.9 Å². The minimum atomic E-state index is -0.474. The molecule has 0 saturated carbocycles. The lowest BCUT2D eigenvalue weighted by atomic mass is 9.90. The highest BCUT2D eigenvalue weighted by atomic mass is 16.6. The molecule has 2 heterocycles. The molecule has 2 N–H and O–H groups in total. The zero-order chi connectivity index (χ0) is 18.1. The lowest BCUT2D eigenvalue weighted by molar-refractivity contribution is -0.109. The fraction of sp³-hybridized carbons (Fsp3) is 0.632. The molecule has 6 heteroatoms. The summed E-state index contributed by atoms with van der Waals surface area (Å²) in [7, 11) is 0. The normalized spacial score (nSPS) is 21.9. The molecule has 138 valence electrons. The second-order valence-corrected chi connectivity index (χ2v) is 7.96. The fourth-order valence-corrected chi connectivity index (χ4v) is 3.30. The molecule has 0 aromatic heterocycles. The predicted molar refractivity (Wildman–Crippen MR) is 94.7 cm³/mol. The van der Waals surface area contributed by atoms with E-state index >= 15 is 0 Å². The highest BCUT2D eigenvalue weighted by Crippen LogP contribution is 2.37. The smallest absolute Gasteiger partial charge is 0.410 e. The number of ether oxygens (including phenoxy) is 3. The zero-order valence-electron chi connectivity index (χ0n) is 15.3. The number of hydrogen-bond donors (Lipinski definition) is 1. The van der Waals surface area contributed by atoms with Crippen molar-refractivity contribution in [2.75, 3.05) is 26.2 Å². The SMILES string of the molecule is CC(C)(C)OC(=O)N1CC2(CC(Oc3ccc(CCN)cc3)CO2)C1. The van der Waals surface area contributed by atoms with Gasteiger partial charge in [-0.25, -0.2) is 4.79 Å². The Kier molecular flexibility index (Phi) is 4.93. The third-order valence-corrected chi connectivity index (χ3v) is 4.44. The molecule has 2 saturated heterocycles. The lowest BCUT2D eigenvalue weighted by Crippen LogP contribution is -2.64. The highest BCUT2D eigenvalue weighted by molar-refractivity contribution is 5.69. The Balaban J connectivity index is 1.47. The van der Waals surface area contributed by atoms with Gasteiger partial charge in [0.2, 0.25) is 0 Å². The van der Waals surface area contributed by atoms with Crippen molar-refractivity contribution in [3.8, 4) is 5.75 Å². The van der Waals surface area contributed by atoms with Gasteiger partial charge in [-0.05, 0) is 51.4 Å². The molecule has 2 fully saturated rings. The molecular weight excluding hydrogens is 320 g/mol. The fourth-order valence-electron chi connectivity index (χ4n) is 3.30. The molecule has 1 aromatic rings. The van der Waals surface area contributed by atoms with E-state index in [1.54, 1.807) is 4.90 Å². The van der Waals surface area contributed by atoms with E-state index in [4.69, 9.17) is 19.9 Å². The van der Waals surface area contributed by atoms with Crippen LogP contribution in [0.25, 0.3) is 0 Å². The van der Waals surface area contributed by atoms with Crippen molar-refractivity contribution in [1.82, 2.24) is 4.90 Å². The Bertz CT molecular complexity index is 603. The quantitative estimate of drug-likeness (QED) is 0.904. The van der Waals surface area contributed by atoms with Gasteiger partial charge in [-0.3, -0.25) is 0 Å². The lowest BCUT2D eigenvalue weighted by Gasteiger charge is -2.46. The van der Waals surface area contributed by atoms with E-state index in [-0.39, 0.29) is 17.8 Å². The van der Waals surface area contributed by atoms with Crippen LogP contribution in [-0.4, -0.2) is 54.5 Å². The van der Waals surface area contributed by atoms with Crippen LogP contribution in [0, 0.1) is 0 Å². The second kappa shape index (κ2) is 6.84. The molecule has 25 heavy (non-hydrogen) atoms. The van der Waals surface area contributed by atoms with Gasteiger partial charge in [-0.15, -0.1) is 0 Å². The average molecular weight is 348 g/mol. The summed E-state index contributed by atoms with van der Waals surface area (Å²) in [5.74, 6) is 0.842. The van der Waals surface area contributed by atoms with E-state index in [9.17, 15) is 4.79 Å². The summed E-state index contributed by atoms with van der Waals surface area (Å²) in [6.07, 6.45) is 1.40. The molecular formula is C19H28N2O4. The number of likely N-dealkylation sites (tertiary alicyclic amines) is 1. The van der Waals surface area contributed by atoms with Gasteiger partial charge >= 0.3 is 6.09 Å². The number of carbonyl (C=O) groups is 1. The summed E-state index contributed by atoms with van der Waals surface area (Å²) in [6.45, 7) is 7.94. The van der Waals surface area contributed by atoms with Crippen LogP contribution in [0.4, 0.5) is 4.79 Å². The highest BCUT2D eigenvalue weighted by Gasteiger charge is 2.52. The summed E-state index contributed by atoms with van der Waals surface area (Å²) in [4.78, 5) is 13.7. The summed E-state index contributed by atoms with van der Waals surface area (Å²) in [6, 6.07) is 8.04. The van der Waals surface area contributed by atoms with E-state index in [1.807, 2.05) is 45.0 Å². The van der Waals surface area contributed by atoms with Crippen molar-refractivity contribution in [3.05, 3.63) is 29.8 Å². The second-order valence-electron chi connectivity index (χ2n) is 7.96. The summed E-state index contributed by atoms with van der Waals surface area (Å²) < 4.78 is 17.4. The minimum Gasteiger partial charge on any atom is -0.488 e. The van der Waals surface area contributed by atoms with Crippen molar-refractivity contribution in [1.29, 1.82) is 0 Å². The molecule has 0 radical (unpaired) electrons. The maximum absolute atomic E-state index is 12.0. The van der Waals surface area contributed by atoms with Crippen LogP contribution in [-0.2, 0) is 15.9 Å². The molecule has 3 rings (SSSR count). The average Bonchev–Trinajstić information content (AvgIpc) is 2.90. The Morgan fingerprint density at radius 2 is 2.00 bits per heavy atom. The molecule has 2 aliphatic heterocycles.